The van der Waals surface area contributed by atoms with Crippen molar-refractivity contribution in [2.45, 2.75) is 76.0 Å². The van der Waals surface area contributed by atoms with Crippen LogP contribution in [0.15, 0.2) is 16.5 Å². The zero-order chi connectivity index (χ0) is 16.7. The van der Waals surface area contributed by atoms with E-state index >= 15 is 0 Å². The van der Waals surface area contributed by atoms with Gasteiger partial charge in [0.15, 0.2) is 0 Å². The summed E-state index contributed by atoms with van der Waals surface area (Å²) >= 11 is 0. The quantitative estimate of drug-likeness (QED) is 0.891. The smallest absolute Gasteiger partial charge is 0.315 e. The number of piperidine rings is 2. The Kier molecular flexibility index (Phi) is 4.29. The molecule has 0 aromatic carbocycles. The average Bonchev–Trinajstić information content (AvgIpc) is 3.08. The topological polar surface area (TPSA) is 57.5 Å². The van der Waals surface area contributed by atoms with Crippen LogP contribution in [0.4, 0.5) is 4.79 Å². The van der Waals surface area contributed by atoms with E-state index in [-0.39, 0.29) is 6.03 Å². The average molecular weight is 331 g/mol. The second-order valence-electron chi connectivity index (χ2n) is 8.02. The van der Waals surface area contributed by atoms with E-state index in [2.05, 4.69) is 35.6 Å². The normalized spacial score (nSPS) is 35.5. The fraction of sp³-hybridized carbons (Fsp3) is 0.737. The highest BCUT2D eigenvalue weighted by Crippen LogP contribution is 2.47. The van der Waals surface area contributed by atoms with Crippen LogP contribution in [0.3, 0.4) is 0 Å². The Hall–Kier alpha value is -1.49. The highest BCUT2D eigenvalue weighted by Gasteiger charge is 2.37. The summed E-state index contributed by atoms with van der Waals surface area (Å²) in [7, 11) is 2.24. The summed E-state index contributed by atoms with van der Waals surface area (Å²) in [6.45, 7) is 2.71. The number of furan rings is 1. The van der Waals surface area contributed by atoms with Crippen molar-refractivity contribution in [1.29, 1.82) is 0 Å². The first kappa shape index (κ1) is 16.0. The highest BCUT2D eigenvalue weighted by molar-refractivity contribution is 5.74. The number of hydrogen-bond donors (Lipinski definition) is 2. The third-order valence-corrected chi connectivity index (χ3v) is 6.26. The standard InChI is InChI=1S/C19H29N3O2/c1-12-8-17(12)18-7-6-16(24-18)11-20-19(23)21-13-9-14-4-3-5-15(10-13)22(14)2/h6-7,12-15,17H,3-5,8-11H2,1-2H3,(H2,20,21,23)/t12-,13?,14-,15+,17-/m0/s1. The number of nitrogens with zero attached hydrogens (tertiary/aromatic N) is 1. The molecule has 4 rings (SSSR count). The SMILES string of the molecule is C[C@H]1C[C@@H]1c1ccc(CNC(=O)NC2C[C@H]3CCC[C@@H](C2)N3C)o1. The fourth-order valence-corrected chi connectivity index (χ4v) is 4.54. The summed E-state index contributed by atoms with van der Waals surface area (Å²) in [5, 5.41) is 6.12. The summed E-state index contributed by atoms with van der Waals surface area (Å²) in [5.41, 5.74) is 0. The van der Waals surface area contributed by atoms with Crippen molar-refractivity contribution in [3.05, 3.63) is 23.7 Å². The number of carbonyl (C=O) groups excluding carboxylic acids is 1. The summed E-state index contributed by atoms with van der Waals surface area (Å²) in [6, 6.07) is 5.55. The molecule has 132 valence electrons. The summed E-state index contributed by atoms with van der Waals surface area (Å²) in [5.74, 6) is 3.25. The van der Waals surface area contributed by atoms with Gasteiger partial charge >= 0.3 is 6.03 Å². The van der Waals surface area contributed by atoms with Crippen molar-refractivity contribution in [3.63, 3.8) is 0 Å². The molecule has 1 saturated carbocycles. The van der Waals surface area contributed by atoms with Crippen LogP contribution in [0.5, 0.6) is 0 Å². The maximum atomic E-state index is 12.2. The van der Waals surface area contributed by atoms with E-state index in [9.17, 15) is 4.79 Å². The molecular weight excluding hydrogens is 302 g/mol. The van der Waals surface area contributed by atoms with E-state index in [1.165, 1.54) is 25.7 Å². The van der Waals surface area contributed by atoms with Crippen molar-refractivity contribution in [3.8, 4) is 0 Å². The lowest BCUT2D eigenvalue weighted by atomic mass is 9.82. The molecule has 1 aromatic rings. The zero-order valence-corrected chi connectivity index (χ0v) is 14.8. The molecule has 5 nitrogen and oxygen atoms in total. The first-order chi connectivity index (χ1) is 11.6. The molecule has 2 bridgehead atoms. The molecule has 2 aliphatic heterocycles. The predicted octanol–water partition coefficient (Wildman–Crippen LogP) is 3.22. The minimum Gasteiger partial charge on any atom is -0.464 e. The Morgan fingerprint density at radius 1 is 1.25 bits per heavy atom. The van der Waals surface area contributed by atoms with Gasteiger partial charge in [0.25, 0.3) is 0 Å². The monoisotopic (exact) mass is 331 g/mol. The first-order valence-corrected chi connectivity index (χ1v) is 9.45. The molecule has 5 heteroatoms. The molecule has 0 radical (unpaired) electrons. The molecule has 1 unspecified atom stereocenters. The summed E-state index contributed by atoms with van der Waals surface area (Å²) in [4.78, 5) is 14.7. The lowest BCUT2D eigenvalue weighted by Crippen LogP contribution is -2.56. The van der Waals surface area contributed by atoms with Gasteiger partial charge in [-0.25, -0.2) is 4.79 Å². The van der Waals surface area contributed by atoms with Crippen LogP contribution in [0, 0.1) is 5.92 Å². The van der Waals surface area contributed by atoms with E-state index < -0.39 is 0 Å². The molecule has 2 N–H and O–H groups in total. The van der Waals surface area contributed by atoms with Gasteiger partial charge in [-0.3, -0.25) is 0 Å². The van der Waals surface area contributed by atoms with Crippen LogP contribution in [0.25, 0.3) is 0 Å². The zero-order valence-electron chi connectivity index (χ0n) is 14.8. The lowest BCUT2D eigenvalue weighted by Gasteiger charge is -2.47. The summed E-state index contributed by atoms with van der Waals surface area (Å²) < 4.78 is 5.84. The van der Waals surface area contributed by atoms with Gasteiger partial charge in [-0.15, -0.1) is 0 Å². The van der Waals surface area contributed by atoms with Crippen molar-refractivity contribution >= 4 is 6.03 Å². The van der Waals surface area contributed by atoms with Crippen LogP contribution in [-0.4, -0.2) is 36.1 Å². The minimum atomic E-state index is -0.0691. The molecule has 1 aliphatic carbocycles. The van der Waals surface area contributed by atoms with Crippen molar-refractivity contribution in [1.82, 2.24) is 15.5 Å². The van der Waals surface area contributed by atoms with Crippen molar-refractivity contribution in [2.75, 3.05) is 7.05 Å². The lowest BCUT2D eigenvalue weighted by molar-refractivity contribution is 0.0509. The van der Waals surface area contributed by atoms with Gasteiger partial charge in [0.1, 0.15) is 11.5 Å². The molecule has 2 amide bonds. The molecular formula is C19H29N3O2. The second kappa shape index (κ2) is 6.43. The number of amides is 2. The van der Waals surface area contributed by atoms with Gasteiger partial charge in [0.2, 0.25) is 0 Å². The molecule has 3 heterocycles. The van der Waals surface area contributed by atoms with Gasteiger partial charge < -0.3 is 20.0 Å². The Bertz CT molecular complexity index is 585. The number of rotatable bonds is 4. The van der Waals surface area contributed by atoms with Crippen LogP contribution in [-0.2, 0) is 6.54 Å². The number of hydrogen-bond acceptors (Lipinski definition) is 3. The molecule has 1 aromatic heterocycles. The van der Waals surface area contributed by atoms with Gasteiger partial charge in [-0.1, -0.05) is 13.3 Å². The van der Waals surface area contributed by atoms with E-state index in [0.29, 0.717) is 30.6 Å². The van der Waals surface area contributed by atoms with Gasteiger partial charge in [0, 0.05) is 24.0 Å². The Morgan fingerprint density at radius 3 is 2.62 bits per heavy atom. The minimum absolute atomic E-state index is 0.0691. The van der Waals surface area contributed by atoms with Gasteiger partial charge in [-0.2, -0.15) is 0 Å². The van der Waals surface area contributed by atoms with Crippen LogP contribution in [0.2, 0.25) is 0 Å². The maximum absolute atomic E-state index is 12.2. The molecule has 2 saturated heterocycles. The van der Waals surface area contributed by atoms with Crippen molar-refractivity contribution < 1.29 is 9.21 Å². The molecule has 24 heavy (non-hydrogen) atoms. The molecule has 0 spiro atoms. The number of carbonyl (C=O) groups is 1. The Balaban J connectivity index is 1.24. The Labute approximate surface area is 144 Å². The van der Waals surface area contributed by atoms with Crippen LogP contribution in [0.1, 0.15) is 62.9 Å². The van der Waals surface area contributed by atoms with Gasteiger partial charge in [-0.05, 0) is 57.2 Å². The fourth-order valence-electron chi connectivity index (χ4n) is 4.54. The van der Waals surface area contributed by atoms with E-state index in [4.69, 9.17) is 4.42 Å². The third kappa shape index (κ3) is 3.32. The highest BCUT2D eigenvalue weighted by atomic mass is 16.3. The predicted molar refractivity (Wildman–Crippen MR) is 92.8 cm³/mol. The number of nitrogens with one attached hydrogen (secondary N) is 2. The summed E-state index contributed by atoms with van der Waals surface area (Å²) in [6.07, 6.45) is 7.23. The molecule has 5 atom stereocenters. The van der Waals surface area contributed by atoms with Gasteiger partial charge in [0.05, 0.1) is 6.54 Å². The van der Waals surface area contributed by atoms with Crippen molar-refractivity contribution in [2.24, 2.45) is 5.92 Å². The maximum Gasteiger partial charge on any atom is 0.315 e. The molecule has 3 aliphatic rings. The third-order valence-electron chi connectivity index (χ3n) is 6.26. The Morgan fingerprint density at radius 2 is 1.96 bits per heavy atom. The number of fused-ring (bicyclic) bond motifs is 2. The van der Waals surface area contributed by atoms with Crippen LogP contribution < -0.4 is 10.6 Å². The first-order valence-electron chi connectivity index (χ1n) is 9.45. The van der Waals surface area contributed by atoms with Crippen LogP contribution >= 0.6 is 0 Å². The van der Waals surface area contributed by atoms with E-state index in [0.717, 1.165) is 30.3 Å². The largest absolute Gasteiger partial charge is 0.464 e. The molecule has 3 fully saturated rings. The van der Waals surface area contributed by atoms with E-state index in [1.807, 2.05) is 6.07 Å². The van der Waals surface area contributed by atoms with E-state index in [1.54, 1.807) is 0 Å². The number of urea groups is 1. The second-order valence-corrected chi connectivity index (χ2v) is 8.02.